The van der Waals surface area contributed by atoms with Crippen LogP contribution in [0.2, 0.25) is 0 Å². The molecule has 4 nitrogen and oxygen atoms in total. The number of nitro benzene ring substituents is 1. The van der Waals surface area contributed by atoms with Crippen molar-refractivity contribution in [2.75, 3.05) is 5.32 Å². The second kappa shape index (κ2) is 3.71. The monoisotopic (exact) mass is 178 g/mol. The molecule has 0 atom stereocenters. The Morgan fingerprint density at radius 3 is 2.85 bits per heavy atom. The Morgan fingerprint density at radius 2 is 2.31 bits per heavy atom. The lowest BCUT2D eigenvalue weighted by atomic mass is 10.3. The molecule has 0 unspecified atom stereocenters. The number of allylic oxidation sites excluding steroid dienone is 1. The first-order valence-corrected chi connectivity index (χ1v) is 3.76. The number of anilines is 1. The topological polar surface area (TPSA) is 55.2 Å². The van der Waals surface area contributed by atoms with Crippen LogP contribution in [0.25, 0.3) is 0 Å². The minimum atomic E-state index is -0.427. The normalized spacial score (nSPS) is 9.31. The molecule has 1 aromatic rings. The molecule has 0 amide bonds. The van der Waals surface area contributed by atoms with Crippen molar-refractivity contribution in [3.63, 3.8) is 0 Å². The van der Waals surface area contributed by atoms with E-state index in [1.54, 1.807) is 19.1 Å². The number of non-ortho nitro benzene ring substituents is 1. The molecule has 4 heteroatoms. The molecule has 0 aliphatic carbocycles. The lowest BCUT2D eigenvalue weighted by molar-refractivity contribution is -0.384. The van der Waals surface area contributed by atoms with Gasteiger partial charge in [-0.3, -0.25) is 10.1 Å². The molecular weight excluding hydrogens is 168 g/mol. The molecular formula is C9H10N2O2. The van der Waals surface area contributed by atoms with Crippen LogP contribution in [0.1, 0.15) is 6.92 Å². The van der Waals surface area contributed by atoms with Crippen molar-refractivity contribution >= 4 is 11.4 Å². The van der Waals surface area contributed by atoms with Gasteiger partial charge >= 0.3 is 0 Å². The number of benzene rings is 1. The van der Waals surface area contributed by atoms with E-state index in [-0.39, 0.29) is 5.69 Å². The number of nitrogens with zero attached hydrogens (tertiary/aromatic N) is 1. The molecule has 0 aliphatic heterocycles. The molecule has 1 rings (SSSR count). The third kappa shape index (κ3) is 2.59. The predicted octanol–water partition coefficient (Wildman–Crippen LogP) is 2.54. The molecule has 0 bridgehead atoms. The molecule has 0 heterocycles. The third-order valence-electron chi connectivity index (χ3n) is 1.41. The standard InChI is InChI=1S/C9H10N2O2/c1-7(2)10-8-4-3-5-9(6-8)11(12)13/h3-6,10H,1H2,2H3. The SMILES string of the molecule is C=C(C)Nc1cccc([N+](=O)[O-])c1. The van der Waals surface area contributed by atoms with Gasteiger partial charge in [0, 0.05) is 23.5 Å². The molecule has 0 radical (unpaired) electrons. The third-order valence-corrected chi connectivity index (χ3v) is 1.41. The Labute approximate surface area is 76.0 Å². The number of nitro groups is 1. The fourth-order valence-corrected chi connectivity index (χ4v) is 0.944. The average molecular weight is 178 g/mol. The van der Waals surface area contributed by atoms with Gasteiger partial charge in [0.15, 0.2) is 0 Å². The maximum Gasteiger partial charge on any atom is 0.271 e. The van der Waals surface area contributed by atoms with Gasteiger partial charge < -0.3 is 5.32 Å². The van der Waals surface area contributed by atoms with E-state index in [4.69, 9.17) is 0 Å². The number of hydrogen-bond donors (Lipinski definition) is 1. The Morgan fingerprint density at radius 1 is 1.62 bits per heavy atom. The van der Waals surface area contributed by atoms with Crippen molar-refractivity contribution in [3.05, 3.63) is 46.7 Å². The summed E-state index contributed by atoms with van der Waals surface area (Å²) in [6, 6.07) is 6.30. The van der Waals surface area contributed by atoms with Crippen molar-refractivity contribution in [1.82, 2.24) is 0 Å². The van der Waals surface area contributed by atoms with Crippen LogP contribution in [0.15, 0.2) is 36.5 Å². The zero-order valence-corrected chi connectivity index (χ0v) is 7.28. The number of rotatable bonds is 3. The van der Waals surface area contributed by atoms with Crippen LogP contribution in [0.4, 0.5) is 11.4 Å². The lowest BCUT2D eigenvalue weighted by Crippen LogP contribution is -1.94. The van der Waals surface area contributed by atoms with Gasteiger partial charge in [-0.1, -0.05) is 12.6 Å². The molecule has 0 spiro atoms. The zero-order valence-electron chi connectivity index (χ0n) is 7.28. The first-order valence-electron chi connectivity index (χ1n) is 3.76. The van der Waals surface area contributed by atoms with Gasteiger partial charge in [-0.2, -0.15) is 0 Å². The molecule has 68 valence electrons. The van der Waals surface area contributed by atoms with E-state index in [1.807, 2.05) is 0 Å². The highest BCUT2D eigenvalue weighted by molar-refractivity contribution is 5.53. The Hall–Kier alpha value is -1.84. The van der Waals surface area contributed by atoms with Crippen LogP contribution in [0.5, 0.6) is 0 Å². The first kappa shape index (κ1) is 9.25. The summed E-state index contributed by atoms with van der Waals surface area (Å²) in [5, 5.41) is 13.3. The van der Waals surface area contributed by atoms with Crippen LogP contribution in [0.3, 0.4) is 0 Å². The van der Waals surface area contributed by atoms with Crippen LogP contribution in [-0.4, -0.2) is 4.92 Å². The van der Waals surface area contributed by atoms with Gasteiger partial charge in [0.2, 0.25) is 0 Å². The van der Waals surface area contributed by atoms with E-state index in [0.29, 0.717) is 5.69 Å². The summed E-state index contributed by atoms with van der Waals surface area (Å²) in [6.45, 7) is 5.43. The maximum atomic E-state index is 10.4. The summed E-state index contributed by atoms with van der Waals surface area (Å²) in [5.74, 6) is 0. The molecule has 1 N–H and O–H groups in total. The summed E-state index contributed by atoms with van der Waals surface area (Å²) >= 11 is 0. The minimum Gasteiger partial charge on any atom is -0.360 e. The van der Waals surface area contributed by atoms with Crippen molar-refractivity contribution in [2.45, 2.75) is 6.92 Å². The van der Waals surface area contributed by atoms with Crippen molar-refractivity contribution in [2.24, 2.45) is 0 Å². The largest absolute Gasteiger partial charge is 0.360 e. The summed E-state index contributed by atoms with van der Waals surface area (Å²) in [7, 11) is 0. The Balaban J connectivity index is 2.91. The van der Waals surface area contributed by atoms with Crippen molar-refractivity contribution in [3.8, 4) is 0 Å². The van der Waals surface area contributed by atoms with Gasteiger partial charge in [-0.05, 0) is 13.0 Å². The van der Waals surface area contributed by atoms with E-state index in [1.165, 1.54) is 12.1 Å². The second-order valence-corrected chi connectivity index (χ2v) is 2.71. The Kier molecular flexibility index (Phi) is 2.64. The zero-order chi connectivity index (χ0) is 9.84. The van der Waals surface area contributed by atoms with Crippen LogP contribution >= 0.6 is 0 Å². The molecule has 1 aromatic carbocycles. The number of hydrogen-bond acceptors (Lipinski definition) is 3. The van der Waals surface area contributed by atoms with E-state index < -0.39 is 4.92 Å². The van der Waals surface area contributed by atoms with Gasteiger partial charge in [-0.25, -0.2) is 0 Å². The predicted molar refractivity (Wildman–Crippen MR) is 51.5 cm³/mol. The fourth-order valence-electron chi connectivity index (χ4n) is 0.944. The molecule has 0 saturated heterocycles. The Bertz CT molecular complexity index is 347. The van der Waals surface area contributed by atoms with Crippen LogP contribution < -0.4 is 5.32 Å². The first-order chi connectivity index (χ1) is 6.09. The summed E-state index contributed by atoms with van der Waals surface area (Å²) in [6.07, 6.45) is 0. The molecule has 0 fully saturated rings. The second-order valence-electron chi connectivity index (χ2n) is 2.71. The minimum absolute atomic E-state index is 0.0752. The van der Waals surface area contributed by atoms with Crippen LogP contribution in [-0.2, 0) is 0 Å². The molecule has 0 saturated carbocycles. The van der Waals surface area contributed by atoms with Gasteiger partial charge in [0.05, 0.1) is 4.92 Å². The van der Waals surface area contributed by atoms with Gasteiger partial charge in [-0.15, -0.1) is 0 Å². The lowest BCUT2D eigenvalue weighted by Gasteiger charge is -2.03. The fraction of sp³-hybridized carbons (Fsp3) is 0.111. The molecule has 0 aliphatic rings. The van der Waals surface area contributed by atoms with Crippen LogP contribution in [0, 0.1) is 10.1 Å². The van der Waals surface area contributed by atoms with Crippen molar-refractivity contribution < 1.29 is 4.92 Å². The summed E-state index contributed by atoms with van der Waals surface area (Å²) in [4.78, 5) is 9.97. The smallest absolute Gasteiger partial charge is 0.271 e. The highest BCUT2D eigenvalue weighted by Crippen LogP contribution is 2.17. The molecule has 0 aromatic heterocycles. The number of nitrogens with one attached hydrogen (secondary N) is 1. The highest BCUT2D eigenvalue weighted by Gasteiger charge is 2.04. The average Bonchev–Trinajstić information content (AvgIpc) is 2.03. The molecule has 13 heavy (non-hydrogen) atoms. The van der Waals surface area contributed by atoms with Crippen molar-refractivity contribution in [1.29, 1.82) is 0 Å². The van der Waals surface area contributed by atoms with Gasteiger partial charge in [0.1, 0.15) is 0 Å². The summed E-state index contributed by atoms with van der Waals surface area (Å²) < 4.78 is 0. The summed E-state index contributed by atoms with van der Waals surface area (Å²) in [5.41, 5.74) is 1.51. The quantitative estimate of drug-likeness (QED) is 0.571. The van der Waals surface area contributed by atoms with E-state index >= 15 is 0 Å². The van der Waals surface area contributed by atoms with E-state index in [9.17, 15) is 10.1 Å². The highest BCUT2D eigenvalue weighted by atomic mass is 16.6. The van der Waals surface area contributed by atoms with Gasteiger partial charge in [0.25, 0.3) is 5.69 Å². The maximum absolute atomic E-state index is 10.4. The van der Waals surface area contributed by atoms with E-state index in [2.05, 4.69) is 11.9 Å². The van der Waals surface area contributed by atoms with E-state index in [0.717, 1.165) is 5.70 Å².